The molecule has 3 N–H and O–H groups in total. The van der Waals surface area contributed by atoms with E-state index in [-0.39, 0.29) is 0 Å². The molecule has 0 radical (unpaired) electrons. The van der Waals surface area contributed by atoms with Crippen LogP contribution in [0.25, 0.3) is 10.9 Å². The minimum atomic E-state index is 0.603. The largest absolute Gasteiger partial charge is 0.370 e. The average molecular weight is 343 g/mol. The van der Waals surface area contributed by atoms with E-state index < -0.39 is 0 Å². The van der Waals surface area contributed by atoms with Crippen LogP contribution < -0.4 is 10.6 Å². The van der Waals surface area contributed by atoms with Crippen molar-refractivity contribution in [3.8, 4) is 0 Å². The second-order valence-corrected chi connectivity index (χ2v) is 6.25. The summed E-state index contributed by atoms with van der Waals surface area (Å²) in [6.45, 7) is 2.78. The number of aromatic amines is 1. The van der Waals surface area contributed by atoms with Gasteiger partial charge in [-0.3, -0.25) is 0 Å². The Kier molecular flexibility index (Phi) is 4.51. The van der Waals surface area contributed by atoms with Crippen molar-refractivity contribution in [2.45, 2.75) is 13.3 Å². The molecule has 0 atom stereocenters. The molecule has 5 nitrogen and oxygen atoms in total. The number of nitrogens with zero attached hydrogens (tertiary/aromatic N) is 2. The van der Waals surface area contributed by atoms with Crippen LogP contribution in [0.5, 0.6) is 0 Å². The summed E-state index contributed by atoms with van der Waals surface area (Å²) < 4.78 is 0. The molecule has 26 heavy (non-hydrogen) atoms. The lowest BCUT2D eigenvalue weighted by Crippen LogP contribution is -2.08. The Labute approximate surface area is 152 Å². The van der Waals surface area contributed by atoms with Gasteiger partial charge in [0.2, 0.25) is 5.95 Å². The van der Waals surface area contributed by atoms with Crippen molar-refractivity contribution in [3.05, 3.63) is 78.1 Å². The highest BCUT2D eigenvalue weighted by atomic mass is 15.1. The lowest BCUT2D eigenvalue weighted by Gasteiger charge is -2.10. The van der Waals surface area contributed by atoms with Gasteiger partial charge in [0.15, 0.2) is 0 Å². The fourth-order valence-electron chi connectivity index (χ4n) is 3.03. The number of rotatable bonds is 6. The maximum Gasteiger partial charge on any atom is 0.229 e. The zero-order valence-electron chi connectivity index (χ0n) is 14.7. The van der Waals surface area contributed by atoms with Crippen molar-refractivity contribution in [2.75, 3.05) is 17.2 Å². The van der Waals surface area contributed by atoms with Gasteiger partial charge in [0.25, 0.3) is 0 Å². The molecule has 0 fully saturated rings. The number of para-hydroxylation sites is 2. The number of anilines is 3. The molecule has 0 aliphatic heterocycles. The SMILES string of the molecule is Cc1cc(NCCc2c[nH]c3ccccc23)nc(Nc2ccccc2)n1. The number of aryl methyl sites for hydroxylation is 1. The van der Waals surface area contributed by atoms with Crippen LogP contribution in [0.3, 0.4) is 0 Å². The van der Waals surface area contributed by atoms with Crippen LogP contribution in [-0.2, 0) is 6.42 Å². The summed E-state index contributed by atoms with van der Waals surface area (Å²) in [5.41, 5.74) is 4.38. The summed E-state index contributed by atoms with van der Waals surface area (Å²) in [7, 11) is 0. The lowest BCUT2D eigenvalue weighted by molar-refractivity contribution is 1.00. The fraction of sp³-hybridized carbons (Fsp3) is 0.143. The lowest BCUT2D eigenvalue weighted by atomic mass is 10.1. The molecule has 4 aromatic rings. The second kappa shape index (κ2) is 7.27. The zero-order chi connectivity index (χ0) is 17.8. The number of hydrogen-bond acceptors (Lipinski definition) is 4. The average Bonchev–Trinajstić information content (AvgIpc) is 3.05. The molecule has 2 heterocycles. The third-order valence-electron chi connectivity index (χ3n) is 4.26. The summed E-state index contributed by atoms with van der Waals surface area (Å²) in [4.78, 5) is 12.3. The molecule has 0 unspecified atom stereocenters. The number of fused-ring (bicyclic) bond motifs is 1. The van der Waals surface area contributed by atoms with Gasteiger partial charge < -0.3 is 15.6 Å². The highest BCUT2D eigenvalue weighted by molar-refractivity contribution is 5.83. The second-order valence-electron chi connectivity index (χ2n) is 6.25. The van der Waals surface area contributed by atoms with Crippen molar-refractivity contribution >= 4 is 28.4 Å². The third kappa shape index (κ3) is 3.67. The van der Waals surface area contributed by atoms with Crippen LogP contribution in [-0.4, -0.2) is 21.5 Å². The number of hydrogen-bond donors (Lipinski definition) is 3. The Morgan fingerprint density at radius 1 is 0.962 bits per heavy atom. The summed E-state index contributed by atoms with van der Waals surface area (Å²) in [5.74, 6) is 1.43. The minimum Gasteiger partial charge on any atom is -0.370 e. The van der Waals surface area contributed by atoms with Gasteiger partial charge in [0.1, 0.15) is 5.82 Å². The van der Waals surface area contributed by atoms with E-state index in [1.165, 1.54) is 16.5 Å². The molecular weight excluding hydrogens is 322 g/mol. The minimum absolute atomic E-state index is 0.603. The van der Waals surface area contributed by atoms with E-state index in [2.05, 4.69) is 50.0 Å². The van der Waals surface area contributed by atoms with Crippen molar-refractivity contribution in [3.63, 3.8) is 0 Å². The highest BCUT2D eigenvalue weighted by Crippen LogP contribution is 2.19. The molecular formula is C21H21N5. The van der Waals surface area contributed by atoms with Crippen LogP contribution in [0.4, 0.5) is 17.5 Å². The van der Waals surface area contributed by atoms with Gasteiger partial charge in [0, 0.05) is 41.1 Å². The Hall–Kier alpha value is -3.34. The molecule has 2 aromatic heterocycles. The molecule has 0 amide bonds. The van der Waals surface area contributed by atoms with Gasteiger partial charge >= 0.3 is 0 Å². The monoisotopic (exact) mass is 343 g/mol. The van der Waals surface area contributed by atoms with Gasteiger partial charge in [-0.05, 0) is 37.1 Å². The van der Waals surface area contributed by atoms with Crippen LogP contribution in [0.2, 0.25) is 0 Å². The summed E-state index contributed by atoms with van der Waals surface area (Å²) >= 11 is 0. The van der Waals surface area contributed by atoms with E-state index in [1.54, 1.807) is 0 Å². The summed E-state index contributed by atoms with van der Waals surface area (Å²) in [6.07, 6.45) is 3.01. The normalized spacial score (nSPS) is 10.8. The third-order valence-corrected chi connectivity index (χ3v) is 4.26. The smallest absolute Gasteiger partial charge is 0.229 e. The van der Waals surface area contributed by atoms with Gasteiger partial charge in [-0.2, -0.15) is 4.98 Å². The first-order valence-electron chi connectivity index (χ1n) is 8.74. The molecule has 0 saturated carbocycles. The maximum atomic E-state index is 4.57. The van der Waals surface area contributed by atoms with Crippen molar-refractivity contribution in [1.82, 2.24) is 15.0 Å². The van der Waals surface area contributed by atoms with E-state index in [1.807, 2.05) is 49.4 Å². The summed E-state index contributed by atoms with van der Waals surface area (Å²) in [6, 6.07) is 20.3. The predicted molar refractivity (Wildman–Crippen MR) is 107 cm³/mol. The van der Waals surface area contributed by atoms with Gasteiger partial charge in [-0.1, -0.05) is 36.4 Å². The fourth-order valence-corrected chi connectivity index (χ4v) is 3.03. The molecule has 4 rings (SSSR count). The molecule has 0 bridgehead atoms. The highest BCUT2D eigenvalue weighted by Gasteiger charge is 2.05. The molecule has 0 spiro atoms. The molecule has 130 valence electrons. The van der Waals surface area contributed by atoms with Crippen LogP contribution in [0, 0.1) is 6.92 Å². The Balaban J connectivity index is 1.43. The summed E-state index contributed by atoms with van der Waals surface area (Å²) in [5, 5.41) is 7.93. The first kappa shape index (κ1) is 16.1. The van der Waals surface area contributed by atoms with Gasteiger partial charge in [-0.25, -0.2) is 4.98 Å². The Morgan fingerprint density at radius 3 is 2.65 bits per heavy atom. The number of H-pyrrole nitrogens is 1. The molecule has 0 aliphatic rings. The van der Waals surface area contributed by atoms with E-state index in [4.69, 9.17) is 0 Å². The molecule has 0 saturated heterocycles. The maximum absolute atomic E-state index is 4.57. The van der Waals surface area contributed by atoms with Crippen molar-refractivity contribution in [1.29, 1.82) is 0 Å². The van der Waals surface area contributed by atoms with E-state index in [0.717, 1.165) is 30.2 Å². The van der Waals surface area contributed by atoms with E-state index >= 15 is 0 Å². The van der Waals surface area contributed by atoms with Crippen molar-refractivity contribution < 1.29 is 0 Å². The standard InChI is InChI=1S/C21H21N5/c1-15-13-20(26-21(24-15)25-17-7-3-2-4-8-17)22-12-11-16-14-23-19-10-6-5-9-18(16)19/h2-10,13-14,23H,11-12H2,1H3,(H2,22,24,25,26). The first-order valence-corrected chi connectivity index (χ1v) is 8.74. The predicted octanol–water partition coefficient (Wildman–Crippen LogP) is 4.66. The number of benzene rings is 2. The molecule has 5 heteroatoms. The van der Waals surface area contributed by atoms with Crippen molar-refractivity contribution in [2.24, 2.45) is 0 Å². The van der Waals surface area contributed by atoms with E-state index in [0.29, 0.717) is 5.95 Å². The number of nitrogens with one attached hydrogen (secondary N) is 3. The van der Waals surface area contributed by atoms with E-state index in [9.17, 15) is 0 Å². The van der Waals surface area contributed by atoms with Gasteiger partial charge in [0.05, 0.1) is 0 Å². The topological polar surface area (TPSA) is 65.6 Å². The molecule has 0 aliphatic carbocycles. The van der Waals surface area contributed by atoms with Crippen LogP contribution >= 0.6 is 0 Å². The molecule has 2 aromatic carbocycles. The van der Waals surface area contributed by atoms with Gasteiger partial charge in [-0.15, -0.1) is 0 Å². The number of aromatic nitrogens is 3. The first-order chi connectivity index (χ1) is 12.8. The van der Waals surface area contributed by atoms with Crippen LogP contribution in [0.1, 0.15) is 11.3 Å². The van der Waals surface area contributed by atoms with Crippen LogP contribution in [0.15, 0.2) is 66.9 Å². The Bertz CT molecular complexity index is 1010. The zero-order valence-corrected chi connectivity index (χ0v) is 14.7. The Morgan fingerprint density at radius 2 is 1.77 bits per heavy atom. The quantitative estimate of drug-likeness (QED) is 0.476.